The Hall–Kier alpha value is -2.99. The van der Waals surface area contributed by atoms with E-state index in [2.05, 4.69) is 29.0 Å². The standard InChI is InChI=1S/C24H26ClN5O/c1-3-5-15-29(16-6-4-2)24(31)19-20(25)18-13-10-14-26-22(18)30-21(27-28-23(19)30)17-11-8-7-9-12-17/h7-14H,3-6,15-16H2,1-2H3. The molecule has 0 fully saturated rings. The van der Waals surface area contributed by atoms with Crippen molar-refractivity contribution >= 4 is 34.2 Å². The maximum absolute atomic E-state index is 13.7. The van der Waals surface area contributed by atoms with Gasteiger partial charge in [0.1, 0.15) is 11.2 Å². The average molecular weight is 436 g/mol. The van der Waals surface area contributed by atoms with E-state index in [4.69, 9.17) is 11.6 Å². The Morgan fingerprint density at radius 2 is 1.68 bits per heavy atom. The molecule has 0 aliphatic carbocycles. The summed E-state index contributed by atoms with van der Waals surface area (Å²) in [7, 11) is 0. The molecule has 0 N–H and O–H groups in total. The molecule has 0 bridgehead atoms. The van der Waals surface area contributed by atoms with Crippen LogP contribution in [0.3, 0.4) is 0 Å². The third-order valence-corrected chi connectivity index (χ3v) is 5.83. The van der Waals surface area contributed by atoms with Crippen molar-refractivity contribution in [2.24, 2.45) is 0 Å². The molecule has 1 aromatic carbocycles. The minimum absolute atomic E-state index is 0.102. The van der Waals surface area contributed by atoms with Gasteiger partial charge in [-0.3, -0.25) is 9.20 Å². The van der Waals surface area contributed by atoms with Crippen molar-refractivity contribution in [3.63, 3.8) is 0 Å². The maximum atomic E-state index is 13.7. The van der Waals surface area contributed by atoms with Gasteiger partial charge in [0.2, 0.25) is 0 Å². The summed E-state index contributed by atoms with van der Waals surface area (Å²) in [5.74, 6) is 0.536. The largest absolute Gasteiger partial charge is 0.338 e. The summed E-state index contributed by atoms with van der Waals surface area (Å²) in [6.07, 6.45) is 5.64. The van der Waals surface area contributed by atoms with Crippen LogP contribution in [0.2, 0.25) is 5.02 Å². The molecule has 0 unspecified atom stereocenters. The number of rotatable bonds is 8. The van der Waals surface area contributed by atoms with Gasteiger partial charge in [0.15, 0.2) is 11.5 Å². The zero-order valence-corrected chi connectivity index (χ0v) is 18.6. The van der Waals surface area contributed by atoms with Crippen LogP contribution in [-0.2, 0) is 0 Å². The molecule has 0 saturated carbocycles. The van der Waals surface area contributed by atoms with Crippen LogP contribution in [0, 0.1) is 0 Å². The van der Waals surface area contributed by atoms with Crippen molar-refractivity contribution in [1.82, 2.24) is 24.5 Å². The van der Waals surface area contributed by atoms with Crippen molar-refractivity contribution in [3.05, 3.63) is 59.2 Å². The van der Waals surface area contributed by atoms with Gasteiger partial charge in [-0.15, -0.1) is 10.2 Å². The number of amides is 1. The molecule has 3 aromatic heterocycles. The Balaban J connectivity index is 1.95. The highest BCUT2D eigenvalue weighted by molar-refractivity contribution is 6.39. The molecule has 4 aromatic rings. The van der Waals surface area contributed by atoms with Gasteiger partial charge in [0.25, 0.3) is 5.91 Å². The van der Waals surface area contributed by atoms with E-state index in [1.807, 2.05) is 51.8 Å². The third-order valence-electron chi connectivity index (χ3n) is 5.44. The number of unbranched alkanes of at least 4 members (excludes halogenated alkanes) is 2. The van der Waals surface area contributed by atoms with E-state index in [9.17, 15) is 4.79 Å². The normalized spacial score (nSPS) is 11.3. The Labute approximate surface area is 186 Å². The Morgan fingerprint density at radius 3 is 2.35 bits per heavy atom. The third kappa shape index (κ3) is 4.00. The molecule has 4 rings (SSSR count). The van der Waals surface area contributed by atoms with Gasteiger partial charge in [-0.2, -0.15) is 0 Å². The van der Waals surface area contributed by atoms with Gasteiger partial charge in [0.05, 0.1) is 5.02 Å². The van der Waals surface area contributed by atoms with E-state index in [-0.39, 0.29) is 5.91 Å². The lowest BCUT2D eigenvalue weighted by Gasteiger charge is -2.23. The number of aromatic nitrogens is 4. The molecule has 0 aliphatic rings. The fourth-order valence-corrected chi connectivity index (χ4v) is 4.07. The zero-order chi connectivity index (χ0) is 21.8. The smallest absolute Gasteiger partial charge is 0.259 e. The molecule has 0 atom stereocenters. The SMILES string of the molecule is CCCCN(CCCC)C(=O)c1c(Cl)c2cccnc2n2c(-c3ccccc3)nnc12. The summed E-state index contributed by atoms with van der Waals surface area (Å²) in [5.41, 5.74) is 2.37. The van der Waals surface area contributed by atoms with Gasteiger partial charge in [-0.25, -0.2) is 4.98 Å². The number of nitrogens with zero attached hydrogens (tertiary/aromatic N) is 5. The highest BCUT2D eigenvalue weighted by Gasteiger charge is 2.27. The molecule has 0 aliphatic heterocycles. The lowest BCUT2D eigenvalue weighted by atomic mass is 10.1. The molecular formula is C24H26ClN5O. The van der Waals surface area contributed by atoms with Crippen molar-refractivity contribution < 1.29 is 4.79 Å². The summed E-state index contributed by atoms with van der Waals surface area (Å²) >= 11 is 6.81. The lowest BCUT2D eigenvalue weighted by molar-refractivity contribution is 0.0752. The number of halogens is 1. The van der Waals surface area contributed by atoms with Crippen molar-refractivity contribution in [2.45, 2.75) is 39.5 Å². The molecule has 6 nitrogen and oxygen atoms in total. The van der Waals surface area contributed by atoms with Crippen LogP contribution in [0.4, 0.5) is 0 Å². The lowest BCUT2D eigenvalue weighted by Crippen LogP contribution is -2.33. The van der Waals surface area contributed by atoms with Crippen LogP contribution in [0.25, 0.3) is 28.1 Å². The molecule has 1 amide bonds. The Bertz CT molecular complexity index is 1200. The average Bonchev–Trinajstić information content (AvgIpc) is 3.25. The number of pyridine rings is 2. The van der Waals surface area contributed by atoms with Crippen LogP contribution in [0.5, 0.6) is 0 Å². The minimum Gasteiger partial charge on any atom is -0.338 e. The molecule has 160 valence electrons. The number of hydrogen-bond acceptors (Lipinski definition) is 4. The summed E-state index contributed by atoms with van der Waals surface area (Å²) in [6, 6.07) is 13.5. The highest BCUT2D eigenvalue weighted by Crippen LogP contribution is 2.33. The zero-order valence-electron chi connectivity index (χ0n) is 17.9. The molecule has 3 heterocycles. The summed E-state index contributed by atoms with van der Waals surface area (Å²) in [5, 5.41) is 9.93. The van der Waals surface area contributed by atoms with Gasteiger partial charge in [0, 0.05) is 30.2 Å². The van der Waals surface area contributed by atoms with Crippen molar-refractivity contribution in [1.29, 1.82) is 0 Å². The van der Waals surface area contributed by atoms with Crippen LogP contribution in [-0.4, -0.2) is 43.5 Å². The first-order valence-corrected chi connectivity index (χ1v) is 11.2. The van der Waals surface area contributed by atoms with Gasteiger partial charge in [-0.05, 0) is 25.0 Å². The van der Waals surface area contributed by atoms with Crippen LogP contribution in [0.1, 0.15) is 49.9 Å². The van der Waals surface area contributed by atoms with E-state index < -0.39 is 0 Å². The van der Waals surface area contributed by atoms with Gasteiger partial charge in [-0.1, -0.05) is 68.6 Å². The first-order chi connectivity index (χ1) is 15.2. The summed E-state index contributed by atoms with van der Waals surface area (Å²) < 4.78 is 1.85. The molecule has 0 radical (unpaired) electrons. The number of fused-ring (bicyclic) bond motifs is 3. The van der Waals surface area contributed by atoms with E-state index in [1.165, 1.54) is 0 Å². The number of carbonyl (C=O) groups excluding carboxylic acids is 1. The second-order valence-electron chi connectivity index (χ2n) is 7.61. The first-order valence-electron chi connectivity index (χ1n) is 10.8. The predicted octanol–water partition coefficient (Wildman–Crippen LogP) is 5.64. The van der Waals surface area contributed by atoms with Crippen molar-refractivity contribution in [2.75, 3.05) is 13.1 Å². The van der Waals surface area contributed by atoms with Crippen LogP contribution in [0.15, 0.2) is 48.7 Å². The predicted molar refractivity (Wildman–Crippen MR) is 124 cm³/mol. The van der Waals surface area contributed by atoms with Gasteiger partial charge >= 0.3 is 0 Å². The maximum Gasteiger partial charge on any atom is 0.259 e. The second-order valence-corrected chi connectivity index (χ2v) is 7.99. The first kappa shape index (κ1) is 21.2. The van der Waals surface area contributed by atoms with Crippen LogP contribution >= 0.6 is 11.6 Å². The molecule has 7 heteroatoms. The number of hydrogen-bond donors (Lipinski definition) is 0. The van der Waals surface area contributed by atoms with E-state index in [1.54, 1.807) is 6.20 Å². The fraction of sp³-hybridized carbons (Fsp3) is 0.333. The molecular weight excluding hydrogens is 410 g/mol. The fourth-order valence-electron chi connectivity index (χ4n) is 3.76. The molecule has 0 saturated heterocycles. The summed E-state index contributed by atoms with van der Waals surface area (Å²) in [4.78, 5) is 20.2. The molecule has 0 spiro atoms. The number of benzene rings is 1. The van der Waals surface area contributed by atoms with Crippen molar-refractivity contribution in [3.8, 4) is 11.4 Å². The van der Waals surface area contributed by atoms with Crippen LogP contribution < -0.4 is 0 Å². The quantitative estimate of drug-likeness (QED) is 0.359. The van der Waals surface area contributed by atoms with E-state index >= 15 is 0 Å². The monoisotopic (exact) mass is 435 g/mol. The molecule has 31 heavy (non-hydrogen) atoms. The Kier molecular flexibility index (Phi) is 6.47. The van der Waals surface area contributed by atoms with E-state index in [0.29, 0.717) is 46.2 Å². The summed E-state index contributed by atoms with van der Waals surface area (Å²) in [6.45, 7) is 5.64. The topological polar surface area (TPSA) is 63.4 Å². The number of carbonyl (C=O) groups is 1. The van der Waals surface area contributed by atoms with E-state index in [0.717, 1.165) is 31.2 Å². The highest BCUT2D eigenvalue weighted by atomic mass is 35.5. The second kappa shape index (κ2) is 9.43. The Morgan fingerprint density at radius 1 is 0.968 bits per heavy atom. The minimum atomic E-state index is -0.102. The van der Waals surface area contributed by atoms with Gasteiger partial charge < -0.3 is 4.90 Å².